The summed E-state index contributed by atoms with van der Waals surface area (Å²) in [5, 5.41) is 2.80. The molecule has 0 unspecified atom stereocenters. The number of hydrogen-bond acceptors (Lipinski definition) is 6. The highest BCUT2D eigenvalue weighted by molar-refractivity contribution is 5.81. The van der Waals surface area contributed by atoms with E-state index in [1.54, 1.807) is 18.2 Å². The van der Waals surface area contributed by atoms with Crippen LogP contribution in [0.2, 0.25) is 0 Å². The summed E-state index contributed by atoms with van der Waals surface area (Å²) in [5.74, 6) is 2.02. The van der Waals surface area contributed by atoms with Gasteiger partial charge in [0.25, 0.3) is 5.91 Å². The second kappa shape index (κ2) is 11.6. The molecule has 0 heterocycles. The number of rotatable bonds is 12. The molecule has 0 radical (unpaired) electrons. The van der Waals surface area contributed by atoms with Gasteiger partial charge in [-0.25, -0.2) is 0 Å². The summed E-state index contributed by atoms with van der Waals surface area (Å²) in [6, 6.07) is 10.6. The van der Waals surface area contributed by atoms with Crippen molar-refractivity contribution in [2.45, 2.75) is 20.3 Å². The minimum Gasteiger partial charge on any atom is -0.497 e. The fraction of sp³-hybridized carbons (Fsp3) is 0.364. The zero-order valence-electron chi connectivity index (χ0n) is 17.0. The largest absolute Gasteiger partial charge is 0.497 e. The molecule has 7 nitrogen and oxygen atoms in total. The van der Waals surface area contributed by atoms with Gasteiger partial charge < -0.3 is 24.3 Å². The van der Waals surface area contributed by atoms with Crippen LogP contribution in [0.4, 0.5) is 0 Å². The van der Waals surface area contributed by atoms with Crippen LogP contribution >= 0.6 is 0 Å². The molecule has 0 atom stereocenters. The predicted octanol–water partition coefficient (Wildman–Crippen LogP) is 3.04. The lowest BCUT2D eigenvalue weighted by atomic mass is 10.1. The summed E-state index contributed by atoms with van der Waals surface area (Å²) in [4.78, 5) is 23.2. The van der Waals surface area contributed by atoms with Gasteiger partial charge in [0.05, 0.1) is 25.9 Å². The molecular formula is C22H27NO6. The molecule has 0 aliphatic carbocycles. The Bertz CT molecular complexity index is 821. The van der Waals surface area contributed by atoms with Crippen molar-refractivity contribution in [1.29, 1.82) is 0 Å². The van der Waals surface area contributed by atoms with Crippen molar-refractivity contribution in [2.75, 3.05) is 33.5 Å². The molecule has 2 aromatic carbocycles. The number of nitrogens with one attached hydrogen (secondary N) is 1. The molecule has 7 heteroatoms. The summed E-state index contributed by atoms with van der Waals surface area (Å²) < 4.78 is 21.7. The van der Waals surface area contributed by atoms with E-state index < -0.39 is 0 Å². The van der Waals surface area contributed by atoms with E-state index in [1.807, 2.05) is 32.0 Å². The predicted molar refractivity (Wildman–Crippen MR) is 109 cm³/mol. The Labute approximate surface area is 170 Å². The molecule has 0 bridgehead atoms. The third-order valence-corrected chi connectivity index (χ3v) is 4.05. The summed E-state index contributed by atoms with van der Waals surface area (Å²) in [5.41, 5.74) is 1.35. The molecule has 2 aromatic rings. The summed E-state index contributed by atoms with van der Waals surface area (Å²) in [6.45, 7) is 5.22. The van der Waals surface area contributed by atoms with E-state index in [-0.39, 0.29) is 12.5 Å². The van der Waals surface area contributed by atoms with Crippen molar-refractivity contribution >= 4 is 12.2 Å². The fourth-order valence-electron chi connectivity index (χ4n) is 2.67. The van der Waals surface area contributed by atoms with E-state index in [0.29, 0.717) is 61.0 Å². The van der Waals surface area contributed by atoms with E-state index in [0.717, 1.165) is 5.56 Å². The van der Waals surface area contributed by atoms with E-state index in [9.17, 15) is 9.59 Å². The normalized spacial score (nSPS) is 10.2. The second-order valence-electron chi connectivity index (χ2n) is 6.06. The van der Waals surface area contributed by atoms with E-state index in [2.05, 4.69) is 5.32 Å². The summed E-state index contributed by atoms with van der Waals surface area (Å²) >= 11 is 0. The van der Waals surface area contributed by atoms with Crippen LogP contribution in [-0.2, 0) is 11.2 Å². The molecule has 0 spiro atoms. The quantitative estimate of drug-likeness (QED) is 0.551. The minimum atomic E-state index is -0.270. The molecule has 0 fully saturated rings. The van der Waals surface area contributed by atoms with Crippen LogP contribution in [0.25, 0.3) is 0 Å². The molecule has 0 saturated carbocycles. The maximum absolute atomic E-state index is 12.0. The van der Waals surface area contributed by atoms with Crippen LogP contribution in [0.1, 0.15) is 29.8 Å². The zero-order chi connectivity index (χ0) is 21.1. The highest BCUT2D eigenvalue weighted by Crippen LogP contribution is 2.28. The minimum absolute atomic E-state index is 0.180. The van der Waals surface area contributed by atoms with Crippen LogP contribution in [-0.4, -0.2) is 45.7 Å². The van der Waals surface area contributed by atoms with Gasteiger partial charge in [-0.1, -0.05) is 6.07 Å². The van der Waals surface area contributed by atoms with E-state index in [1.165, 1.54) is 7.11 Å². The second-order valence-corrected chi connectivity index (χ2v) is 6.06. The van der Waals surface area contributed by atoms with Gasteiger partial charge in [0.1, 0.15) is 11.5 Å². The first-order chi connectivity index (χ1) is 14.1. The Hall–Kier alpha value is -3.22. The Balaban J connectivity index is 1.84. The van der Waals surface area contributed by atoms with Crippen LogP contribution in [0, 0.1) is 0 Å². The molecule has 0 aliphatic rings. The molecule has 156 valence electrons. The van der Waals surface area contributed by atoms with Gasteiger partial charge in [0, 0.05) is 6.54 Å². The topological polar surface area (TPSA) is 83.1 Å². The van der Waals surface area contributed by atoms with Gasteiger partial charge in [-0.05, 0) is 56.2 Å². The van der Waals surface area contributed by atoms with Crippen molar-refractivity contribution in [1.82, 2.24) is 5.32 Å². The number of carbonyl (C=O) groups excluding carboxylic acids is 2. The molecule has 0 aliphatic heterocycles. The monoisotopic (exact) mass is 401 g/mol. The lowest BCUT2D eigenvalue weighted by Crippen LogP contribution is -2.30. The number of amides is 1. The average Bonchev–Trinajstić information content (AvgIpc) is 2.74. The number of aldehydes is 1. The van der Waals surface area contributed by atoms with Gasteiger partial charge >= 0.3 is 0 Å². The Morgan fingerprint density at radius 1 is 0.966 bits per heavy atom. The highest BCUT2D eigenvalue weighted by atomic mass is 16.5. The summed E-state index contributed by atoms with van der Waals surface area (Å²) in [7, 11) is 1.51. The highest BCUT2D eigenvalue weighted by Gasteiger charge is 2.09. The smallest absolute Gasteiger partial charge is 0.257 e. The van der Waals surface area contributed by atoms with Crippen LogP contribution in [0.5, 0.6) is 23.0 Å². The van der Waals surface area contributed by atoms with Crippen LogP contribution in [0.15, 0.2) is 36.4 Å². The van der Waals surface area contributed by atoms with E-state index >= 15 is 0 Å². The first-order valence-electron chi connectivity index (χ1n) is 9.52. The van der Waals surface area contributed by atoms with Crippen molar-refractivity contribution in [3.05, 3.63) is 47.5 Å². The van der Waals surface area contributed by atoms with Crippen molar-refractivity contribution < 1.29 is 28.5 Å². The first-order valence-corrected chi connectivity index (χ1v) is 9.52. The van der Waals surface area contributed by atoms with Crippen LogP contribution in [0.3, 0.4) is 0 Å². The number of carbonyl (C=O) groups is 2. The SMILES string of the molecule is CCOc1ccc(CCNC(=O)COc2ccc(OC)cc2C=O)cc1OCC. The lowest BCUT2D eigenvalue weighted by molar-refractivity contribution is -0.123. The fourth-order valence-corrected chi connectivity index (χ4v) is 2.67. The zero-order valence-corrected chi connectivity index (χ0v) is 17.0. The molecule has 0 aromatic heterocycles. The number of benzene rings is 2. The Kier molecular flexibility index (Phi) is 8.82. The molecule has 29 heavy (non-hydrogen) atoms. The third kappa shape index (κ3) is 6.71. The third-order valence-electron chi connectivity index (χ3n) is 4.05. The van der Waals surface area contributed by atoms with Crippen molar-refractivity contribution in [3.63, 3.8) is 0 Å². The first kappa shape index (κ1) is 22.1. The molecule has 0 saturated heterocycles. The number of hydrogen-bond donors (Lipinski definition) is 1. The van der Waals surface area contributed by atoms with E-state index in [4.69, 9.17) is 18.9 Å². The Morgan fingerprint density at radius 2 is 1.69 bits per heavy atom. The molecule has 2 rings (SSSR count). The Morgan fingerprint density at radius 3 is 2.38 bits per heavy atom. The number of ether oxygens (including phenoxy) is 4. The standard InChI is InChI=1S/C22H27NO6/c1-4-27-20-8-6-16(12-21(20)28-5-2)10-11-23-22(25)15-29-19-9-7-18(26-3)13-17(19)14-24/h6-9,12-14H,4-5,10-11,15H2,1-3H3,(H,23,25). The van der Waals surface area contributed by atoms with Gasteiger partial charge in [0.2, 0.25) is 0 Å². The van der Waals surface area contributed by atoms with Crippen molar-refractivity contribution in [2.24, 2.45) is 0 Å². The van der Waals surface area contributed by atoms with Gasteiger partial charge in [0.15, 0.2) is 24.4 Å². The van der Waals surface area contributed by atoms with Crippen molar-refractivity contribution in [3.8, 4) is 23.0 Å². The molecule has 1 amide bonds. The van der Waals surface area contributed by atoms with Gasteiger partial charge in [-0.2, -0.15) is 0 Å². The number of methoxy groups -OCH3 is 1. The van der Waals surface area contributed by atoms with Gasteiger partial charge in [-0.3, -0.25) is 9.59 Å². The average molecular weight is 401 g/mol. The maximum Gasteiger partial charge on any atom is 0.257 e. The maximum atomic E-state index is 12.0. The van der Waals surface area contributed by atoms with Crippen LogP contribution < -0.4 is 24.3 Å². The lowest BCUT2D eigenvalue weighted by Gasteiger charge is -2.13. The summed E-state index contributed by atoms with van der Waals surface area (Å²) in [6.07, 6.45) is 1.30. The molecular weight excluding hydrogens is 374 g/mol. The molecule has 1 N–H and O–H groups in total. The van der Waals surface area contributed by atoms with Gasteiger partial charge in [-0.15, -0.1) is 0 Å².